The van der Waals surface area contributed by atoms with E-state index in [4.69, 9.17) is 9.47 Å². The van der Waals surface area contributed by atoms with Gasteiger partial charge in [0.25, 0.3) is 0 Å². The number of anilines is 1. The molecule has 0 atom stereocenters. The number of aromatic nitrogens is 2. The maximum absolute atomic E-state index is 5.48. The van der Waals surface area contributed by atoms with E-state index in [-0.39, 0.29) is 0 Å². The summed E-state index contributed by atoms with van der Waals surface area (Å²) in [7, 11) is 3.40. The van der Waals surface area contributed by atoms with Gasteiger partial charge in [0, 0.05) is 38.3 Å². The Balaban J connectivity index is 1.63. The molecule has 0 amide bonds. The van der Waals surface area contributed by atoms with Gasteiger partial charge in [-0.25, -0.2) is 0 Å². The van der Waals surface area contributed by atoms with Crippen LogP contribution in [0.3, 0.4) is 0 Å². The second kappa shape index (κ2) is 7.49. The van der Waals surface area contributed by atoms with Gasteiger partial charge in [0.15, 0.2) is 5.82 Å². The van der Waals surface area contributed by atoms with Crippen molar-refractivity contribution in [1.29, 1.82) is 0 Å². The van der Waals surface area contributed by atoms with Gasteiger partial charge in [-0.15, -0.1) is 5.10 Å². The van der Waals surface area contributed by atoms with E-state index in [0.29, 0.717) is 0 Å². The average molecular weight is 328 g/mol. The Hall–Kier alpha value is -2.34. The Bertz CT molecular complexity index is 684. The van der Waals surface area contributed by atoms with Crippen LogP contribution in [0.1, 0.15) is 11.1 Å². The molecule has 1 aliphatic rings. The minimum absolute atomic E-state index is 0.855. The van der Waals surface area contributed by atoms with Gasteiger partial charge < -0.3 is 14.4 Å². The molecule has 0 N–H and O–H groups in total. The first-order chi connectivity index (χ1) is 11.7. The Kier molecular flexibility index (Phi) is 5.15. The summed E-state index contributed by atoms with van der Waals surface area (Å²) in [5.41, 5.74) is 2.30. The second-order valence-corrected chi connectivity index (χ2v) is 6.03. The summed E-state index contributed by atoms with van der Waals surface area (Å²) in [5, 5.41) is 8.30. The van der Waals surface area contributed by atoms with Crippen molar-refractivity contribution in [2.75, 3.05) is 45.3 Å². The van der Waals surface area contributed by atoms with E-state index in [1.54, 1.807) is 20.4 Å². The molecule has 2 aromatic rings. The van der Waals surface area contributed by atoms with Gasteiger partial charge in [0.1, 0.15) is 11.5 Å². The molecular formula is C18H24N4O2. The van der Waals surface area contributed by atoms with E-state index in [1.807, 2.05) is 19.1 Å². The Morgan fingerprint density at radius 2 is 1.83 bits per heavy atom. The molecule has 0 aliphatic carbocycles. The van der Waals surface area contributed by atoms with Crippen LogP contribution in [0.2, 0.25) is 0 Å². The molecule has 6 nitrogen and oxygen atoms in total. The van der Waals surface area contributed by atoms with Crippen LogP contribution >= 0.6 is 0 Å². The number of benzene rings is 1. The summed E-state index contributed by atoms with van der Waals surface area (Å²) in [6.07, 6.45) is 1.79. The van der Waals surface area contributed by atoms with Gasteiger partial charge in [0.05, 0.1) is 20.4 Å². The highest BCUT2D eigenvalue weighted by molar-refractivity contribution is 5.41. The highest BCUT2D eigenvalue weighted by Gasteiger charge is 2.19. The van der Waals surface area contributed by atoms with E-state index in [0.717, 1.165) is 61.2 Å². The number of rotatable bonds is 5. The lowest BCUT2D eigenvalue weighted by Gasteiger charge is -2.35. The SMILES string of the molecule is COc1ccc(OC)c(CN2CCN(c3cc(C)cnn3)CC2)c1. The number of methoxy groups -OCH3 is 2. The molecule has 2 heterocycles. The van der Waals surface area contributed by atoms with Crippen LogP contribution in [-0.4, -0.2) is 55.5 Å². The zero-order valence-electron chi connectivity index (χ0n) is 14.5. The highest BCUT2D eigenvalue weighted by Crippen LogP contribution is 2.26. The summed E-state index contributed by atoms with van der Waals surface area (Å²) in [6, 6.07) is 8.04. The Morgan fingerprint density at radius 3 is 2.50 bits per heavy atom. The summed E-state index contributed by atoms with van der Waals surface area (Å²) in [6.45, 7) is 6.76. The molecule has 3 rings (SSSR count). The first kappa shape index (κ1) is 16.5. The summed E-state index contributed by atoms with van der Waals surface area (Å²) >= 11 is 0. The fourth-order valence-corrected chi connectivity index (χ4v) is 2.98. The lowest BCUT2D eigenvalue weighted by molar-refractivity contribution is 0.245. The fourth-order valence-electron chi connectivity index (χ4n) is 2.98. The highest BCUT2D eigenvalue weighted by atomic mass is 16.5. The van der Waals surface area contributed by atoms with Crippen LogP contribution in [0, 0.1) is 6.92 Å². The number of aryl methyl sites for hydroxylation is 1. The van der Waals surface area contributed by atoms with Gasteiger partial charge in [0.2, 0.25) is 0 Å². The van der Waals surface area contributed by atoms with Gasteiger partial charge in [-0.1, -0.05) is 0 Å². The van der Waals surface area contributed by atoms with Gasteiger partial charge >= 0.3 is 0 Å². The molecule has 0 bridgehead atoms. The predicted molar refractivity (Wildman–Crippen MR) is 93.8 cm³/mol. The first-order valence-corrected chi connectivity index (χ1v) is 8.17. The molecule has 0 radical (unpaired) electrons. The summed E-state index contributed by atoms with van der Waals surface area (Å²) in [4.78, 5) is 4.72. The quantitative estimate of drug-likeness (QED) is 0.838. The van der Waals surface area contributed by atoms with Crippen molar-refractivity contribution < 1.29 is 9.47 Å². The van der Waals surface area contributed by atoms with Crippen molar-refractivity contribution in [3.05, 3.63) is 41.6 Å². The molecule has 0 spiro atoms. The number of hydrogen-bond acceptors (Lipinski definition) is 6. The Labute approximate surface area is 143 Å². The number of ether oxygens (including phenoxy) is 2. The van der Waals surface area contributed by atoms with Gasteiger partial charge in [-0.05, 0) is 36.8 Å². The number of nitrogens with zero attached hydrogens (tertiary/aromatic N) is 4. The minimum Gasteiger partial charge on any atom is -0.497 e. The average Bonchev–Trinajstić information content (AvgIpc) is 2.62. The molecular weight excluding hydrogens is 304 g/mol. The van der Waals surface area contributed by atoms with E-state index in [1.165, 1.54) is 0 Å². The minimum atomic E-state index is 0.855. The third-order valence-electron chi connectivity index (χ3n) is 4.36. The zero-order chi connectivity index (χ0) is 16.9. The van der Waals surface area contributed by atoms with Crippen molar-refractivity contribution in [3.63, 3.8) is 0 Å². The van der Waals surface area contributed by atoms with E-state index in [9.17, 15) is 0 Å². The van der Waals surface area contributed by atoms with Crippen LogP contribution in [0.4, 0.5) is 5.82 Å². The van der Waals surface area contributed by atoms with Crippen LogP contribution in [-0.2, 0) is 6.54 Å². The Morgan fingerprint density at radius 1 is 1.04 bits per heavy atom. The van der Waals surface area contributed by atoms with Crippen molar-refractivity contribution in [3.8, 4) is 11.5 Å². The zero-order valence-corrected chi connectivity index (χ0v) is 14.5. The van der Waals surface area contributed by atoms with Crippen molar-refractivity contribution in [2.24, 2.45) is 0 Å². The first-order valence-electron chi connectivity index (χ1n) is 8.17. The molecule has 1 aliphatic heterocycles. The largest absolute Gasteiger partial charge is 0.497 e. The van der Waals surface area contributed by atoms with Crippen LogP contribution < -0.4 is 14.4 Å². The summed E-state index contributed by atoms with van der Waals surface area (Å²) in [5.74, 6) is 2.73. The van der Waals surface area contributed by atoms with Gasteiger partial charge in [-0.2, -0.15) is 5.10 Å². The third-order valence-corrected chi connectivity index (χ3v) is 4.36. The standard InChI is InChI=1S/C18H24N4O2/c1-14-10-18(20-19-12-14)22-8-6-21(7-9-22)13-15-11-16(23-2)4-5-17(15)24-3/h4-5,10-12H,6-9,13H2,1-3H3. The second-order valence-electron chi connectivity index (χ2n) is 6.03. The molecule has 1 saturated heterocycles. The van der Waals surface area contributed by atoms with Crippen molar-refractivity contribution in [1.82, 2.24) is 15.1 Å². The van der Waals surface area contributed by atoms with Crippen LogP contribution in [0.15, 0.2) is 30.5 Å². The van der Waals surface area contributed by atoms with E-state index < -0.39 is 0 Å². The maximum Gasteiger partial charge on any atom is 0.151 e. The molecule has 1 fully saturated rings. The smallest absolute Gasteiger partial charge is 0.151 e. The topological polar surface area (TPSA) is 50.7 Å². The fraction of sp³-hybridized carbons (Fsp3) is 0.444. The lowest BCUT2D eigenvalue weighted by atomic mass is 10.1. The molecule has 24 heavy (non-hydrogen) atoms. The molecule has 1 aromatic heterocycles. The molecule has 6 heteroatoms. The predicted octanol–water partition coefficient (Wildman–Crippen LogP) is 2.12. The normalized spacial score (nSPS) is 15.4. The summed E-state index contributed by atoms with van der Waals surface area (Å²) < 4.78 is 10.8. The van der Waals surface area contributed by atoms with Crippen LogP contribution in [0.5, 0.6) is 11.5 Å². The molecule has 0 saturated carbocycles. The van der Waals surface area contributed by atoms with E-state index >= 15 is 0 Å². The van der Waals surface area contributed by atoms with Crippen LogP contribution in [0.25, 0.3) is 0 Å². The molecule has 128 valence electrons. The monoisotopic (exact) mass is 328 g/mol. The van der Waals surface area contributed by atoms with Gasteiger partial charge in [-0.3, -0.25) is 4.90 Å². The molecule has 1 aromatic carbocycles. The molecule has 0 unspecified atom stereocenters. The number of piperazine rings is 1. The van der Waals surface area contributed by atoms with Crippen molar-refractivity contribution >= 4 is 5.82 Å². The maximum atomic E-state index is 5.48. The van der Waals surface area contributed by atoms with E-state index in [2.05, 4.69) is 32.1 Å². The van der Waals surface area contributed by atoms with Crippen molar-refractivity contribution in [2.45, 2.75) is 13.5 Å². The third kappa shape index (κ3) is 3.76. The number of hydrogen-bond donors (Lipinski definition) is 0. The lowest BCUT2D eigenvalue weighted by Crippen LogP contribution is -2.46.